The summed E-state index contributed by atoms with van der Waals surface area (Å²) in [5, 5.41) is 0. The van der Waals surface area contributed by atoms with Crippen LogP contribution < -0.4 is 24.4 Å². The van der Waals surface area contributed by atoms with Gasteiger partial charge in [-0.1, -0.05) is 11.3 Å². The molecule has 2 aromatic heterocycles. The monoisotopic (exact) mass is 495 g/mol. The van der Waals surface area contributed by atoms with Crippen molar-refractivity contribution in [3.63, 3.8) is 0 Å². The molecule has 1 atom stereocenters. The Balaban J connectivity index is 2.03. The second-order valence-corrected chi connectivity index (χ2v) is 9.30. The number of aromatic nitrogens is 2. The summed E-state index contributed by atoms with van der Waals surface area (Å²) in [6.07, 6.45) is 1.88. The minimum atomic E-state index is -0.781. The highest BCUT2D eigenvalue weighted by Crippen LogP contribution is 2.37. The maximum atomic E-state index is 13.8. The van der Waals surface area contributed by atoms with Crippen LogP contribution in [0.3, 0.4) is 0 Å². The van der Waals surface area contributed by atoms with Crippen LogP contribution >= 0.6 is 11.3 Å². The van der Waals surface area contributed by atoms with Gasteiger partial charge in [-0.25, -0.2) is 9.79 Å². The minimum absolute atomic E-state index is 0.203. The van der Waals surface area contributed by atoms with Crippen LogP contribution in [0.1, 0.15) is 42.4 Å². The topological polar surface area (TPSA) is 84.1 Å². The molecule has 3 aromatic rings. The van der Waals surface area contributed by atoms with Crippen LogP contribution in [0, 0.1) is 13.8 Å². The third kappa shape index (κ3) is 4.20. The normalized spacial score (nSPS) is 15.6. The summed E-state index contributed by atoms with van der Waals surface area (Å²) in [6, 6.07) is 6.58. The number of benzene rings is 1. The van der Waals surface area contributed by atoms with Gasteiger partial charge in [0.1, 0.15) is 17.5 Å². The summed E-state index contributed by atoms with van der Waals surface area (Å²) >= 11 is 1.29. The molecule has 0 spiro atoms. The SMILES string of the molecule is CCOC(=O)C1=C(C)N=c2s/c(=C/c3cc(C)n(C)c3C)c(=O)n2[C@H]1c1cc(OC)ccc1OC. The lowest BCUT2D eigenvalue weighted by Crippen LogP contribution is -2.40. The molecule has 0 amide bonds. The first-order valence-electron chi connectivity index (χ1n) is 11.3. The number of esters is 1. The van der Waals surface area contributed by atoms with Gasteiger partial charge in [0, 0.05) is 24.0 Å². The van der Waals surface area contributed by atoms with E-state index >= 15 is 0 Å². The van der Waals surface area contributed by atoms with Crippen molar-refractivity contribution in [3.8, 4) is 11.5 Å². The van der Waals surface area contributed by atoms with Crippen molar-refractivity contribution in [1.82, 2.24) is 9.13 Å². The first-order chi connectivity index (χ1) is 16.7. The molecule has 1 aromatic carbocycles. The number of fused-ring (bicyclic) bond motifs is 1. The van der Waals surface area contributed by atoms with E-state index in [2.05, 4.69) is 9.56 Å². The van der Waals surface area contributed by atoms with E-state index in [0.29, 0.717) is 37.7 Å². The molecule has 0 fully saturated rings. The van der Waals surface area contributed by atoms with Crippen molar-refractivity contribution in [2.24, 2.45) is 12.0 Å². The molecule has 0 aliphatic carbocycles. The average molecular weight is 496 g/mol. The van der Waals surface area contributed by atoms with Crippen molar-refractivity contribution >= 4 is 23.4 Å². The Morgan fingerprint density at radius 2 is 1.91 bits per heavy atom. The van der Waals surface area contributed by atoms with Crippen molar-refractivity contribution < 1.29 is 19.0 Å². The van der Waals surface area contributed by atoms with Crippen molar-refractivity contribution in [1.29, 1.82) is 0 Å². The fourth-order valence-corrected chi connectivity index (χ4v) is 5.35. The van der Waals surface area contributed by atoms with E-state index in [9.17, 15) is 9.59 Å². The number of aryl methyl sites for hydroxylation is 1. The lowest BCUT2D eigenvalue weighted by Gasteiger charge is -2.26. The summed E-state index contributed by atoms with van der Waals surface area (Å²) in [6.45, 7) is 7.75. The predicted octanol–water partition coefficient (Wildman–Crippen LogP) is 2.77. The quantitative estimate of drug-likeness (QED) is 0.491. The molecule has 0 N–H and O–H groups in total. The van der Waals surface area contributed by atoms with Crippen molar-refractivity contribution in [2.45, 2.75) is 33.7 Å². The molecule has 0 saturated carbocycles. The van der Waals surface area contributed by atoms with E-state index in [1.807, 2.05) is 33.0 Å². The van der Waals surface area contributed by atoms with Crippen LogP contribution in [0.2, 0.25) is 0 Å². The molecular formula is C26H29N3O5S. The summed E-state index contributed by atoms with van der Waals surface area (Å²) in [7, 11) is 5.11. The highest BCUT2D eigenvalue weighted by molar-refractivity contribution is 7.07. The Hall–Kier alpha value is -3.59. The minimum Gasteiger partial charge on any atom is -0.497 e. The number of nitrogens with zero attached hydrogens (tertiary/aromatic N) is 3. The largest absolute Gasteiger partial charge is 0.497 e. The lowest BCUT2D eigenvalue weighted by molar-refractivity contribution is -0.139. The number of thiazole rings is 1. The summed E-state index contributed by atoms with van der Waals surface area (Å²) in [4.78, 5) is 32.1. The van der Waals surface area contributed by atoms with E-state index in [4.69, 9.17) is 14.2 Å². The maximum absolute atomic E-state index is 13.8. The maximum Gasteiger partial charge on any atom is 0.338 e. The number of allylic oxidation sites excluding steroid dienone is 1. The smallest absolute Gasteiger partial charge is 0.338 e. The highest BCUT2D eigenvalue weighted by atomic mass is 32.1. The molecule has 1 aliphatic rings. The molecule has 3 heterocycles. The summed E-state index contributed by atoms with van der Waals surface area (Å²) < 4.78 is 20.6. The Labute approximate surface area is 207 Å². The van der Waals surface area contributed by atoms with Gasteiger partial charge in [0.05, 0.1) is 36.6 Å². The molecule has 4 rings (SSSR count). The third-order valence-corrected chi connectivity index (χ3v) is 7.33. The molecule has 8 nitrogen and oxygen atoms in total. The van der Waals surface area contributed by atoms with Gasteiger partial charge in [-0.3, -0.25) is 9.36 Å². The second-order valence-electron chi connectivity index (χ2n) is 8.30. The Morgan fingerprint density at radius 1 is 1.17 bits per heavy atom. The van der Waals surface area contributed by atoms with Crippen LogP contribution in [0.15, 0.2) is 45.3 Å². The van der Waals surface area contributed by atoms with Crippen LogP contribution in [0.4, 0.5) is 0 Å². The van der Waals surface area contributed by atoms with Gasteiger partial charge in [-0.05, 0) is 63.6 Å². The zero-order valence-corrected chi connectivity index (χ0v) is 21.8. The van der Waals surface area contributed by atoms with E-state index < -0.39 is 12.0 Å². The van der Waals surface area contributed by atoms with E-state index in [1.165, 1.54) is 11.3 Å². The average Bonchev–Trinajstić information content (AvgIpc) is 3.27. The van der Waals surface area contributed by atoms with E-state index in [-0.39, 0.29) is 12.2 Å². The molecule has 9 heteroatoms. The standard InChI is InChI=1S/C26H29N3O5S/c1-8-34-25(31)22-15(3)27-26-29(23(22)19-13-18(32-6)9-10-20(19)33-7)24(30)21(35-26)12-17-11-14(2)28(5)16(17)4/h9-13,23H,8H2,1-7H3/b21-12+/t23-/m0/s1. The van der Waals surface area contributed by atoms with Gasteiger partial charge >= 0.3 is 5.97 Å². The zero-order chi connectivity index (χ0) is 25.4. The molecule has 184 valence electrons. The molecule has 0 radical (unpaired) electrons. The molecule has 1 aliphatic heterocycles. The van der Waals surface area contributed by atoms with Crippen LogP contribution in [0.5, 0.6) is 11.5 Å². The number of rotatable bonds is 6. The predicted molar refractivity (Wildman–Crippen MR) is 135 cm³/mol. The fraction of sp³-hybridized carbons (Fsp3) is 0.346. The van der Waals surface area contributed by atoms with Gasteiger partial charge in [0.25, 0.3) is 5.56 Å². The van der Waals surface area contributed by atoms with Crippen molar-refractivity contribution in [3.05, 3.63) is 77.7 Å². The zero-order valence-electron chi connectivity index (χ0n) is 21.0. The molecular weight excluding hydrogens is 466 g/mol. The molecule has 35 heavy (non-hydrogen) atoms. The summed E-state index contributed by atoms with van der Waals surface area (Å²) in [5.41, 5.74) is 4.29. The van der Waals surface area contributed by atoms with Gasteiger partial charge in [0.2, 0.25) is 0 Å². The Morgan fingerprint density at radius 3 is 2.51 bits per heavy atom. The van der Waals surface area contributed by atoms with Gasteiger partial charge in [-0.2, -0.15) is 0 Å². The Kier molecular flexibility index (Phi) is 6.71. The molecule has 0 bridgehead atoms. The van der Waals surface area contributed by atoms with Crippen LogP contribution in [-0.4, -0.2) is 35.9 Å². The van der Waals surface area contributed by atoms with Gasteiger partial charge in [0.15, 0.2) is 4.80 Å². The van der Waals surface area contributed by atoms with Crippen LogP contribution in [-0.2, 0) is 16.6 Å². The summed E-state index contributed by atoms with van der Waals surface area (Å²) in [5.74, 6) is 0.583. The number of hydrogen-bond donors (Lipinski definition) is 0. The Bertz CT molecular complexity index is 1520. The number of methoxy groups -OCH3 is 2. The lowest BCUT2D eigenvalue weighted by atomic mass is 9.94. The highest BCUT2D eigenvalue weighted by Gasteiger charge is 2.35. The van der Waals surface area contributed by atoms with Gasteiger partial charge < -0.3 is 18.8 Å². The third-order valence-electron chi connectivity index (χ3n) is 6.35. The number of carbonyl (C=O) groups is 1. The molecule has 0 saturated heterocycles. The second kappa shape index (κ2) is 9.58. The number of carbonyl (C=O) groups excluding carboxylic acids is 1. The van der Waals surface area contributed by atoms with E-state index in [1.54, 1.807) is 50.8 Å². The van der Waals surface area contributed by atoms with Crippen LogP contribution in [0.25, 0.3) is 6.08 Å². The van der Waals surface area contributed by atoms with E-state index in [0.717, 1.165) is 17.0 Å². The van der Waals surface area contributed by atoms with Crippen molar-refractivity contribution in [2.75, 3.05) is 20.8 Å². The van der Waals surface area contributed by atoms with Gasteiger partial charge in [-0.15, -0.1) is 0 Å². The molecule has 0 unspecified atom stereocenters. The number of ether oxygens (including phenoxy) is 3. The first-order valence-corrected chi connectivity index (χ1v) is 12.1. The first kappa shape index (κ1) is 24.5. The number of hydrogen-bond acceptors (Lipinski definition) is 7. The fourth-order valence-electron chi connectivity index (χ4n) is 4.31.